The van der Waals surface area contributed by atoms with Crippen molar-refractivity contribution in [1.82, 2.24) is 5.32 Å². The van der Waals surface area contributed by atoms with Gasteiger partial charge in [0.1, 0.15) is 11.5 Å². The second-order valence-corrected chi connectivity index (χ2v) is 5.20. The lowest BCUT2D eigenvalue weighted by molar-refractivity contribution is 0.414. The molecule has 20 heavy (non-hydrogen) atoms. The number of ether oxygens (including phenoxy) is 1. The molecule has 0 fully saturated rings. The van der Waals surface area contributed by atoms with E-state index in [1.165, 1.54) is 16.7 Å². The molecule has 0 aliphatic heterocycles. The number of phenols is 1. The third-order valence-corrected chi connectivity index (χ3v) is 3.92. The highest BCUT2D eigenvalue weighted by Gasteiger charge is 2.21. The number of phenolic OH excluding ortho intramolecular Hbond substituents is 1. The molecule has 3 nitrogen and oxygen atoms in total. The van der Waals surface area contributed by atoms with Crippen LogP contribution in [0.4, 0.5) is 0 Å². The molecule has 2 N–H and O–H groups in total. The summed E-state index contributed by atoms with van der Waals surface area (Å²) in [7, 11) is 1.68. The number of hydrogen-bond donors (Lipinski definition) is 2. The highest BCUT2D eigenvalue weighted by atomic mass is 16.5. The zero-order chi connectivity index (χ0) is 13.9. The monoisotopic (exact) mass is 269 g/mol. The van der Waals surface area contributed by atoms with Gasteiger partial charge in [0, 0.05) is 12.6 Å². The van der Waals surface area contributed by atoms with E-state index in [-0.39, 0.29) is 0 Å². The van der Waals surface area contributed by atoms with Crippen LogP contribution < -0.4 is 10.1 Å². The Morgan fingerprint density at radius 2 is 2.00 bits per heavy atom. The van der Waals surface area contributed by atoms with Gasteiger partial charge in [-0.1, -0.05) is 18.2 Å². The fourth-order valence-corrected chi connectivity index (χ4v) is 2.80. The van der Waals surface area contributed by atoms with Gasteiger partial charge in [-0.25, -0.2) is 0 Å². The first-order chi connectivity index (χ1) is 9.76. The second kappa shape index (κ2) is 5.55. The molecule has 2 aromatic rings. The minimum Gasteiger partial charge on any atom is -0.508 e. The van der Waals surface area contributed by atoms with E-state index in [4.69, 9.17) is 4.74 Å². The predicted molar refractivity (Wildman–Crippen MR) is 79.0 cm³/mol. The molecular formula is C17H19NO2. The van der Waals surface area contributed by atoms with E-state index >= 15 is 0 Å². The van der Waals surface area contributed by atoms with Gasteiger partial charge in [0.05, 0.1) is 7.11 Å². The molecule has 2 aromatic carbocycles. The normalized spacial score (nSPS) is 16.9. The zero-order valence-electron chi connectivity index (χ0n) is 11.6. The summed E-state index contributed by atoms with van der Waals surface area (Å²) < 4.78 is 5.16. The number of benzene rings is 2. The van der Waals surface area contributed by atoms with Crippen LogP contribution in [0.3, 0.4) is 0 Å². The van der Waals surface area contributed by atoms with Gasteiger partial charge in [0.25, 0.3) is 0 Å². The van der Waals surface area contributed by atoms with Crippen molar-refractivity contribution >= 4 is 0 Å². The molecule has 0 spiro atoms. The Balaban J connectivity index is 1.65. The standard InChI is InChI=1S/C17H19NO2/c1-20-15-6-2-12(3-7-15)11-18-17-9-4-13-10-14(19)5-8-16(13)17/h2-3,5-8,10,17-19H,4,9,11H2,1H3. The number of methoxy groups -OCH3 is 1. The smallest absolute Gasteiger partial charge is 0.118 e. The zero-order valence-corrected chi connectivity index (χ0v) is 11.6. The largest absolute Gasteiger partial charge is 0.508 e. The van der Waals surface area contributed by atoms with Crippen molar-refractivity contribution in [2.45, 2.75) is 25.4 Å². The van der Waals surface area contributed by atoms with E-state index in [9.17, 15) is 5.11 Å². The molecular weight excluding hydrogens is 250 g/mol. The molecule has 3 heteroatoms. The molecule has 1 aliphatic rings. The van der Waals surface area contributed by atoms with Crippen LogP contribution in [-0.4, -0.2) is 12.2 Å². The van der Waals surface area contributed by atoms with Crippen molar-refractivity contribution in [2.24, 2.45) is 0 Å². The average Bonchev–Trinajstić information content (AvgIpc) is 2.88. The summed E-state index contributed by atoms with van der Waals surface area (Å²) >= 11 is 0. The third-order valence-electron chi connectivity index (χ3n) is 3.92. The van der Waals surface area contributed by atoms with Crippen LogP contribution in [0.25, 0.3) is 0 Å². The Kier molecular flexibility index (Phi) is 3.61. The van der Waals surface area contributed by atoms with Crippen LogP contribution in [0.15, 0.2) is 42.5 Å². The molecule has 0 amide bonds. The Hall–Kier alpha value is -2.00. The number of nitrogens with one attached hydrogen (secondary N) is 1. The second-order valence-electron chi connectivity index (χ2n) is 5.20. The Bertz CT molecular complexity index is 592. The molecule has 0 saturated carbocycles. The fourth-order valence-electron chi connectivity index (χ4n) is 2.80. The van der Waals surface area contributed by atoms with Crippen molar-refractivity contribution in [3.63, 3.8) is 0 Å². The molecule has 1 unspecified atom stereocenters. The molecule has 0 saturated heterocycles. The molecule has 0 heterocycles. The average molecular weight is 269 g/mol. The van der Waals surface area contributed by atoms with Gasteiger partial charge >= 0.3 is 0 Å². The number of aromatic hydroxyl groups is 1. The van der Waals surface area contributed by atoms with E-state index in [0.717, 1.165) is 25.1 Å². The van der Waals surface area contributed by atoms with Gasteiger partial charge in [0.2, 0.25) is 0 Å². The fraction of sp³-hybridized carbons (Fsp3) is 0.294. The summed E-state index contributed by atoms with van der Waals surface area (Å²) in [6, 6.07) is 14.2. The van der Waals surface area contributed by atoms with Crippen molar-refractivity contribution in [1.29, 1.82) is 0 Å². The van der Waals surface area contributed by atoms with Gasteiger partial charge in [-0.2, -0.15) is 0 Å². The summed E-state index contributed by atoms with van der Waals surface area (Å²) in [5.74, 6) is 1.25. The first kappa shape index (κ1) is 13.0. The molecule has 104 valence electrons. The third kappa shape index (κ3) is 2.63. The summed E-state index contributed by atoms with van der Waals surface area (Å²) in [5, 5.41) is 13.1. The topological polar surface area (TPSA) is 41.5 Å². The Morgan fingerprint density at radius 3 is 2.75 bits per heavy atom. The molecule has 0 bridgehead atoms. The van der Waals surface area contributed by atoms with Crippen LogP contribution in [0.1, 0.15) is 29.2 Å². The summed E-state index contributed by atoms with van der Waals surface area (Å²) in [6.07, 6.45) is 2.12. The highest BCUT2D eigenvalue weighted by molar-refractivity contribution is 5.40. The van der Waals surface area contributed by atoms with Gasteiger partial charge in [-0.05, 0) is 53.8 Å². The van der Waals surface area contributed by atoms with Crippen LogP contribution in [0.2, 0.25) is 0 Å². The lowest BCUT2D eigenvalue weighted by Crippen LogP contribution is -2.18. The highest BCUT2D eigenvalue weighted by Crippen LogP contribution is 2.33. The minimum absolute atomic E-state index is 0.361. The van der Waals surface area contributed by atoms with Crippen molar-refractivity contribution in [3.8, 4) is 11.5 Å². The molecule has 0 aromatic heterocycles. The Morgan fingerprint density at radius 1 is 1.20 bits per heavy atom. The first-order valence-corrected chi connectivity index (χ1v) is 6.94. The SMILES string of the molecule is COc1ccc(CNC2CCc3cc(O)ccc32)cc1. The molecule has 3 rings (SSSR count). The van der Waals surface area contributed by atoms with E-state index in [2.05, 4.69) is 17.4 Å². The number of rotatable bonds is 4. The van der Waals surface area contributed by atoms with E-state index in [0.29, 0.717) is 11.8 Å². The number of hydrogen-bond acceptors (Lipinski definition) is 3. The van der Waals surface area contributed by atoms with E-state index in [1.54, 1.807) is 13.2 Å². The molecule has 0 radical (unpaired) electrons. The van der Waals surface area contributed by atoms with Gasteiger partial charge in [-0.15, -0.1) is 0 Å². The van der Waals surface area contributed by atoms with Crippen molar-refractivity contribution < 1.29 is 9.84 Å². The lowest BCUT2D eigenvalue weighted by Gasteiger charge is -2.14. The van der Waals surface area contributed by atoms with Crippen LogP contribution in [0, 0.1) is 0 Å². The summed E-state index contributed by atoms with van der Waals surface area (Å²) in [6.45, 7) is 0.842. The first-order valence-electron chi connectivity index (χ1n) is 6.94. The molecule has 1 aliphatic carbocycles. The van der Waals surface area contributed by atoms with Crippen molar-refractivity contribution in [2.75, 3.05) is 7.11 Å². The predicted octanol–water partition coefficient (Wildman–Crippen LogP) is 3.18. The maximum Gasteiger partial charge on any atom is 0.118 e. The van der Waals surface area contributed by atoms with Crippen LogP contribution in [-0.2, 0) is 13.0 Å². The number of aryl methyl sites for hydroxylation is 1. The van der Waals surface area contributed by atoms with Gasteiger partial charge in [-0.3, -0.25) is 0 Å². The maximum atomic E-state index is 9.51. The number of fused-ring (bicyclic) bond motifs is 1. The summed E-state index contributed by atoms with van der Waals surface area (Å²) in [4.78, 5) is 0. The minimum atomic E-state index is 0.361. The van der Waals surface area contributed by atoms with Crippen LogP contribution in [0.5, 0.6) is 11.5 Å². The van der Waals surface area contributed by atoms with Gasteiger partial charge in [0.15, 0.2) is 0 Å². The Labute approximate surface area is 119 Å². The van der Waals surface area contributed by atoms with Crippen molar-refractivity contribution in [3.05, 3.63) is 59.2 Å². The van der Waals surface area contributed by atoms with E-state index < -0.39 is 0 Å². The van der Waals surface area contributed by atoms with Crippen LogP contribution >= 0.6 is 0 Å². The van der Waals surface area contributed by atoms with Gasteiger partial charge < -0.3 is 15.2 Å². The maximum absolute atomic E-state index is 9.51. The lowest BCUT2D eigenvalue weighted by atomic mass is 10.1. The molecule has 1 atom stereocenters. The van der Waals surface area contributed by atoms with E-state index in [1.807, 2.05) is 24.3 Å². The quantitative estimate of drug-likeness (QED) is 0.895. The summed E-state index contributed by atoms with van der Waals surface area (Å²) in [5.41, 5.74) is 3.83.